The molecule has 0 atom stereocenters. The third-order valence-electron chi connectivity index (χ3n) is 4.21. The van der Waals surface area contributed by atoms with Gasteiger partial charge in [-0.3, -0.25) is 0 Å². The number of hydrazone groups is 1. The average Bonchev–Trinajstić information content (AvgIpc) is 2.75. The van der Waals surface area contributed by atoms with Gasteiger partial charge in [0.15, 0.2) is 0 Å². The van der Waals surface area contributed by atoms with Gasteiger partial charge in [0.1, 0.15) is 11.5 Å². The summed E-state index contributed by atoms with van der Waals surface area (Å²) in [5.41, 5.74) is 1.69. The molecule has 0 aliphatic rings. The van der Waals surface area contributed by atoms with E-state index in [9.17, 15) is 13.2 Å². The predicted molar refractivity (Wildman–Crippen MR) is 121 cm³/mol. The molecular formula is C22H19BrN2O5S. The second-order valence-corrected chi connectivity index (χ2v) is 9.04. The summed E-state index contributed by atoms with van der Waals surface area (Å²) in [4.78, 5) is 14.7. The van der Waals surface area contributed by atoms with Crippen molar-refractivity contribution in [3.8, 4) is 11.5 Å². The molecule has 0 aliphatic carbocycles. The highest BCUT2D eigenvalue weighted by Crippen LogP contribution is 2.23. The summed E-state index contributed by atoms with van der Waals surface area (Å²) in [5.74, 6) is 0.274. The van der Waals surface area contributed by atoms with Gasteiger partial charge in [-0.15, -0.1) is 0 Å². The minimum absolute atomic E-state index is 0.0932. The number of sulfonamides is 1. The molecule has 0 bridgehead atoms. The van der Waals surface area contributed by atoms with E-state index in [-0.39, 0.29) is 10.6 Å². The van der Waals surface area contributed by atoms with Crippen LogP contribution in [0.4, 0.5) is 0 Å². The maximum Gasteiger partial charge on any atom is 0.343 e. The van der Waals surface area contributed by atoms with Gasteiger partial charge >= 0.3 is 5.97 Å². The maximum atomic E-state index is 12.5. The van der Waals surface area contributed by atoms with E-state index < -0.39 is 16.0 Å². The van der Waals surface area contributed by atoms with Gasteiger partial charge in [-0.05, 0) is 61.5 Å². The average molecular weight is 503 g/mol. The number of halogens is 1. The Morgan fingerprint density at radius 1 is 1.03 bits per heavy atom. The first kappa shape index (κ1) is 22.5. The molecular weight excluding hydrogens is 484 g/mol. The van der Waals surface area contributed by atoms with Crippen LogP contribution in [0.1, 0.15) is 21.5 Å². The lowest BCUT2D eigenvalue weighted by atomic mass is 10.2. The quantitative estimate of drug-likeness (QED) is 0.225. The number of carbonyl (C=O) groups excluding carboxylic acids is 1. The zero-order valence-electron chi connectivity index (χ0n) is 16.7. The molecule has 0 amide bonds. The van der Waals surface area contributed by atoms with Gasteiger partial charge in [0.25, 0.3) is 10.0 Å². The van der Waals surface area contributed by atoms with E-state index in [0.717, 1.165) is 5.56 Å². The Morgan fingerprint density at radius 2 is 1.71 bits per heavy atom. The summed E-state index contributed by atoms with van der Waals surface area (Å²) >= 11 is 3.34. The van der Waals surface area contributed by atoms with Crippen molar-refractivity contribution < 1.29 is 22.7 Å². The number of hydrogen-bond donors (Lipinski definition) is 1. The van der Waals surface area contributed by atoms with Crippen LogP contribution in [-0.4, -0.2) is 27.7 Å². The highest BCUT2D eigenvalue weighted by Gasteiger charge is 2.14. The summed E-state index contributed by atoms with van der Waals surface area (Å²) in [7, 11) is -2.29. The van der Waals surface area contributed by atoms with E-state index in [1.165, 1.54) is 25.5 Å². The van der Waals surface area contributed by atoms with Gasteiger partial charge in [0.2, 0.25) is 0 Å². The molecule has 0 saturated carbocycles. The molecule has 0 saturated heterocycles. The van der Waals surface area contributed by atoms with Crippen molar-refractivity contribution in [2.24, 2.45) is 5.10 Å². The number of ether oxygens (including phenoxy) is 2. The Labute approximate surface area is 188 Å². The topological polar surface area (TPSA) is 94.1 Å². The zero-order valence-corrected chi connectivity index (χ0v) is 19.1. The van der Waals surface area contributed by atoms with E-state index in [1.54, 1.807) is 54.6 Å². The van der Waals surface area contributed by atoms with Crippen LogP contribution in [-0.2, 0) is 10.0 Å². The highest BCUT2D eigenvalue weighted by atomic mass is 79.9. The number of rotatable bonds is 7. The molecule has 0 spiro atoms. The number of carbonyl (C=O) groups is 1. The van der Waals surface area contributed by atoms with Crippen molar-refractivity contribution in [2.45, 2.75) is 11.8 Å². The molecule has 0 radical (unpaired) electrons. The van der Waals surface area contributed by atoms with Gasteiger partial charge in [-0.25, -0.2) is 9.63 Å². The SMILES string of the molecule is COc1ccc(C(=O)Oc2ccc(Br)cc2C=NNS(=O)(=O)c2ccc(C)cc2)cc1. The summed E-state index contributed by atoms with van der Waals surface area (Å²) in [5, 5.41) is 3.82. The fourth-order valence-electron chi connectivity index (χ4n) is 2.53. The van der Waals surface area contributed by atoms with Crippen LogP contribution in [0.15, 0.2) is 81.2 Å². The number of nitrogens with one attached hydrogen (secondary N) is 1. The monoisotopic (exact) mass is 502 g/mol. The number of hydrogen-bond acceptors (Lipinski definition) is 6. The molecule has 3 aromatic rings. The Balaban J connectivity index is 1.77. The first-order valence-corrected chi connectivity index (χ1v) is 11.3. The number of nitrogens with zero attached hydrogens (tertiary/aromatic N) is 1. The van der Waals surface area contributed by atoms with Crippen LogP contribution >= 0.6 is 15.9 Å². The van der Waals surface area contributed by atoms with Crippen molar-refractivity contribution in [1.82, 2.24) is 4.83 Å². The number of aryl methyl sites for hydroxylation is 1. The maximum absolute atomic E-state index is 12.5. The van der Waals surface area contributed by atoms with Crippen LogP contribution in [0, 0.1) is 6.92 Å². The summed E-state index contributed by atoms with van der Waals surface area (Å²) < 4.78 is 36.0. The van der Waals surface area contributed by atoms with Gasteiger partial charge in [0.05, 0.1) is 23.8 Å². The van der Waals surface area contributed by atoms with E-state index in [0.29, 0.717) is 21.3 Å². The molecule has 0 heterocycles. The van der Waals surface area contributed by atoms with Gasteiger partial charge in [0, 0.05) is 10.0 Å². The normalized spacial score (nSPS) is 11.3. The molecule has 0 aliphatic heterocycles. The van der Waals surface area contributed by atoms with Crippen LogP contribution in [0.2, 0.25) is 0 Å². The van der Waals surface area contributed by atoms with Gasteiger partial charge < -0.3 is 9.47 Å². The minimum Gasteiger partial charge on any atom is -0.497 e. The van der Waals surface area contributed by atoms with Crippen molar-refractivity contribution >= 4 is 38.1 Å². The lowest BCUT2D eigenvalue weighted by Crippen LogP contribution is -2.18. The van der Waals surface area contributed by atoms with Crippen molar-refractivity contribution in [2.75, 3.05) is 7.11 Å². The van der Waals surface area contributed by atoms with Crippen molar-refractivity contribution in [3.05, 3.63) is 87.9 Å². The lowest BCUT2D eigenvalue weighted by Gasteiger charge is -2.09. The van der Waals surface area contributed by atoms with Crippen molar-refractivity contribution in [1.29, 1.82) is 0 Å². The lowest BCUT2D eigenvalue weighted by molar-refractivity contribution is 0.0734. The van der Waals surface area contributed by atoms with E-state index in [2.05, 4.69) is 25.9 Å². The molecule has 3 rings (SSSR count). The minimum atomic E-state index is -3.82. The molecule has 1 N–H and O–H groups in total. The van der Waals surface area contributed by atoms with Gasteiger partial charge in [-0.1, -0.05) is 33.6 Å². The molecule has 7 nitrogen and oxygen atoms in total. The van der Waals surface area contributed by atoms with Crippen molar-refractivity contribution in [3.63, 3.8) is 0 Å². The largest absolute Gasteiger partial charge is 0.497 e. The van der Waals surface area contributed by atoms with E-state index >= 15 is 0 Å². The van der Waals surface area contributed by atoms with Crippen LogP contribution in [0.25, 0.3) is 0 Å². The first-order chi connectivity index (χ1) is 14.8. The third kappa shape index (κ3) is 5.93. The van der Waals surface area contributed by atoms with Crippen LogP contribution in [0.5, 0.6) is 11.5 Å². The Hall–Kier alpha value is -3.17. The second kappa shape index (κ2) is 9.76. The highest BCUT2D eigenvalue weighted by molar-refractivity contribution is 9.10. The summed E-state index contributed by atoms with van der Waals surface area (Å²) in [6, 6.07) is 17.8. The number of methoxy groups -OCH3 is 1. The zero-order chi connectivity index (χ0) is 22.4. The Morgan fingerprint density at radius 3 is 2.35 bits per heavy atom. The Bertz CT molecular complexity index is 1210. The third-order valence-corrected chi connectivity index (χ3v) is 5.94. The molecule has 0 fully saturated rings. The summed E-state index contributed by atoms with van der Waals surface area (Å²) in [6.07, 6.45) is 1.27. The molecule has 3 aromatic carbocycles. The molecule has 31 heavy (non-hydrogen) atoms. The summed E-state index contributed by atoms with van der Waals surface area (Å²) in [6.45, 7) is 1.87. The molecule has 0 unspecified atom stereocenters. The molecule has 9 heteroatoms. The van der Waals surface area contributed by atoms with Gasteiger partial charge in [-0.2, -0.15) is 13.5 Å². The fraction of sp³-hybridized carbons (Fsp3) is 0.0909. The fourth-order valence-corrected chi connectivity index (χ4v) is 3.70. The smallest absolute Gasteiger partial charge is 0.343 e. The molecule has 0 aromatic heterocycles. The predicted octanol–water partition coefficient (Wildman–Crippen LogP) is 4.30. The number of benzene rings is 3. The molecule has 160 valence electrons. The Kier molecular flexibility index (Phi) is 7.09. The first-order valence-electron chi connectivity index (χ1n) is 9.06. The standard InChI is InChI=1S/C22H19BrN2O5S/c1-15-3-10-20(11-4-15)31(27,28)25-24-14-17-13-18(23)7-12-21(17)30-22(26)16-5-8-19(29-2)9-6-16/h3-14,25H,1-2H3. The van der Waals surface area contributed by atoms with E-state index in [4.69, 9.17) is 9.47 Å². The van der Waals surface area contributed by atoms with Crippen LogP contribution in [0.3, 0.4) is 0 Å². The van der Waals surface area contributed by atoms with Crippen LogP contribution < -0.4 is 14.3 Å². The van der Waals surface area contributed by atoms with E-state index in [1.807, 2.05) is 6.92 Å². The second-order valence-electron chi connectivity index (χ2n) is 6.47. The number of esters is 1.